The molecule has 0 aliphatic carbocycles. The van der Waals surface area contributed by atoms with Gasteiger partial charge in [-0.1, -0.05) is 12.1 Å². The molecule has 0 aliphatic heterocycles. The number of aliphatic hydroxyl groups excluding tert-OH is 1. The highest BCUT2D eigenvalue weighted by atomic mass is 16.3. The number of carbonyl (C=O) groups is 1. The number of benzene rings is 1. The van der Waals surface area contributed by atoms with Gasteiger partial charge in [-0.05, 0) is 6.07 Å². The zero-order valence-corrected chi connectivity index (χ0v) is 6.45. The zero-order valence-electron chi connectivity index (χ0n) is 6.45. The van der Waals surface area contributed by atoms with Crippen LogP contribution in [-0.4, -0.2) is 11.0 Å². The standard InChI is InChI=1S/C8H10N2O2/c9-7-5(4-11)2-1-3-6(7)8(10)12/h1-3,11H,4,9H2,(H2,10,12). The second-order valence-electron chi connectivity index (χ2n) is 2.40. The van der Waals surface area contributed by atoms with Gasteiger partial charge >= 0.3 is 0 Å². The van der Waals surface area contributed by atoms with Crippen LogP contribution >= 0.6 is 0 Å². The predicted octanol–water partition coefficient (Wildman–Crippen LogP) is -0.140. The van der Waals surface area contributed by atoms with Gasteiger partial charge < -0.3 is 16.6 Å². The molecule has 0 saturated heterocycles. The Morgan fingerprint density at radius 1 is 1.50 bits per heavy atom. The van der Waals surface area contributed by atoms with E-state index in [9.17, 15) is 4.79 Å². The molecule has 0 saturated carbocycles. The fraction of sp³-hybridized carbons (Fsp3) is 0.125. The lowest BCUT2D eigenvalue weighted by Crippen LogP contribution is -2.14. The minimum Gasteiger partial charge on any atom is -0.398 e. The second-order valence-corrected chi connectivity index (χ2v) is 2.40. The van der Waals surface area contributed by atoms with Crippen molar-refractivity contribution in [3.63, 3.8) is 0 Å². The number of para-hydroxylation sites is 1. The van der Waals surface area contributed by atoms with Crippen molar-refractivity contribution in [2.24, 2.45) is 5.73 Å². The normalized spacial score (nSPS) is 9.75. The van der Waals surface area contributed by atoms with E-state index in [1.54, 1.807) is 12.1 Å². The van der Waals surface area contributed by atoms with Crippen molar-refractivity contribution < 1.29 is 9.90 Å². The average Bonchev–Trinajstić information content (AvgIpc) is 2.04. The van der Waals surface area contributed by atoms with Crippen LogP contribution in [0.3, 0.4) is 0 Å². The third kappa shape index (κ3) is 1.38. The summed E-state index contributed by atoms with van der Waals surface area (Å²) in [5.74, 6) is -0.581. The van der Waals surface area contributed by atoms with Gasteiger partial charge in [0.05, 0.1) is 12.2 Å². The Hall–Kier alpha value is -1.55. The second kappa shape index (κ2) is 3.23. The number of primary amides is 1. The lowest BCUT2D eigenvalue weighted by atomic mass is 10.1. The molecule has 1 aromatic rings. The lowest BCUT2D eigenvalue weighted by molar-refractivity contribution is 0.100. The maximum absolute atomic E-state index is 10.8. The Morgan fingerprint density at radius 2 is 2.17 bits per heavy atom. The van der Waals surface area contributed by atoms with E-state index in [-0.39, 0.29) is 17.9 Å². The third-order valence-corrected chi connectivity index (χ3v) is 1.63. The van der Waals surface area contributed by atoms with Gasteiger partial charge in [-0.15, -0.1) is 0 Å². The topological polar surface area (TPSA) is 89.3 Å². The van der Waals surface area contributed by atoms with Gasteiger partial charge in [-0.2, -0.15) is 0 Å². The van der Waals surface area contributed by atoms with Crippen LogP contribution in [0.25, 0.3) is 0 Å². The average molecular weight is 166 g/mol. The highest BCUT2D eigenvalue weighted by Crippen LogP contribution is 2.16. The monoisotopic (exact) mass is 166 g/mol. The molecule has 0 unspecified atom stereocenters. The minimum absolute atomic E-state index is 0.188. The first kappa shape index (κ1) is 8.55. The summed E-state index contributed by atoms with van der Waals surface area (Å²) in [7, 11) is 0. The Kier molecular flexibility index (Phi) is 2.30. The molecule has 4 nitrogen and oxygen atoms in total. The summed E-state index contributed by atoms with van der Waals surface area (Å²) < 4.78 is 0. The van der Waals surface area contributed by atoms with Crippen molar-refractivity contribution in [3.8, 4) is 0 Å². The van der Waals surface area contributed by atoms with Crippen molar-refractivity contribution in [2.45, 2.75) is 6.61 Å². The summed E-state index contributed by atoms with van der Waals surface area (Å²) in [4.78, 5) is 10.8. The van der Waals surface area contributed by atoms with Crippen LogP contribution in [0.5, 0.6) is 0 Å². The summed E-state index contributed by atoms with van der Waals surface area (Å²) in [5.41, 5.74) is 11.6. The molecule has 1 rings (SSSR count). The first-order valence-electron chi connectivity index (χ1n) is 3.45. The van der Waals surface area contributed by atoms with Crippen LogP contribution in [0.4, 0.5) is 5.69 Å². The maximum Gasteiger partial charge on any atom is 0.250 e. The number of nitrogens with two attached hydrogens (primary N) is 2. The smallest absolute Gasteiger partial charge is 0.250 e. The van der Waals surface area contributed by atoms with Crippen molar-refractivity contribution in [1.82, 2.24) is 0 Å². The molecule has 0 aliphatic rings. The fourth-order valence-corrected chi connectivity index (χ4v) is 0.966. The molecule has 4 heteroatoms. The van der Waals surface area contributed by atoms with Gasteiger partial charge in [0.15, 0.2) is 0 Å². The van der Waals surface area contributed by atoms with Crippen molar-refractivity contribution in [2.75, 3.05) is 5.73 Å². The summed E-state index contributed by atoms with van der Waals surface area (Å²) >= 11 is 0. The maximum atomic E-state index is 10.8. The van der Waals surface area contributed by atoms with Gasteiger partial charge in [-0.25, -0.2) is 0 Å². The molecule has 12 heavy (non-hydrogen) atoms. The van der Waals surface area contributed by atoms with Crippen LogP contribution in [0.2, 0.25) is 0 Å². The lowest BCUT2D eigenvalue weighted by Gasteiger charge is -2.05. The minimum atomic E-state index is -0.581. The SMILES string of the molecule is NC(=O)c1cccc(CO)c1N. The van der Waals surface area contributed by atoms with Crippen LogP contribution in [0.1, 0.15) is 15.9 Å². The van der Waals surface area contributed by atoms with Crippen molar-refractivity contribution in [3.05, 3.63) is 29.3 Å². The summed E-state index contributed by atoms with van der Waals surface area (Å²) in [6.07, 6.45) is 0. The molecular formula is C8H10N2O2. The van der Waals surface area contributed by atoms with E-state index in [2.05, 4.69) is 0 Å². The Balaban J connectivity index is 3.23. The number of nitrogen functional groups attached to an aromatic ring is 1. The van der Waals surface area contributed by atoms with E-state index in [0.29, 0.717) is 5.56 Å². The van der Waals surface area contributed by atoms with Crippen molar-refractivity contribution >= 4 is 11.6 Å². The van der Waals surface area contributed by atoms with E-state index < -0.39 is 5.91 Å². The molecule has 0 spiro atoms. The molecule has 0 bridgehead atoms. The molecule has 0 atom stereocenters. The first-order chi connectivity index (χ1) is 5.66. The highest BCUT2D eigenvalue weighted by molar-refractivity contribution is 5.98. The molecule has 0 heterocycles. The number of amides is 1. The zero-order chi connectivity index (χ0) is 9.14. The summed E-state index contributed by atoms with van der Waals surface area (Å²) in [6, 6.07) is 4.79. The molecule has 1 amide bonds. The summed E-state index contributed by atoms with van der Waals surface area (Å²) in [5, 5.41) is 8.79. The van der Waals surface area contributed by atoms with E-state index >= 15 is 0 Å². The molecule has 0 aromatic heterocycles. The number of hydrogen-bond acceptors (Lipinski definition) is 3. The molecule has 0 fully saturated rings. The highest BCUT2D eigenvalue weighted by Gasteiger charge is 2.07. The first-order valence-corrected chi connectivity index (χ1v) is 3.45. The van der Waals surface area contributed by atoms with Gasteiger partial charge in [0.25, 0.3) is 5.91 Å². The van der Waals surface area contributed by atoms with E-state index in [4.69, 9.17) is 16.6 Å². The van der Waals surface area contributed by atoms with Crippen LogP contribution in [0.15, 0.2) is 18.2 Å². The Morgan fingerprint density at radius 3 is 2.67 bits per heavy atom. The predicted molar refractivity (Wildman–Crippen MR) is 45.3 cm³/mol. The van der Waals surface area contributed by atoms with Gasteiger partial charge in [-0.3, -0.25) is 4.79 Å². The quantitative estimate of drug-likeness (QED) is 0.534. The van der Waals surface area contributed by atoms with Crippen LogP contribution in [-0.2, 0) is 6.61 Å². The van der Waals surface area contributed by atoms with E-state index in [0.717, 1.165) is 0 Å². The summed E-state index contributed by atoms with van der Waals surface area (Å²) in [6.45, 7) is -0.188. The number of anilines is 1. The molecule has 5 N–H and O–H groups in total. The number of hydrogen-bond donors (Lipinski definition) is 3. The molecule has 1 aromatic carbocycles. The molecular weight excluding hydrogens is 156 g/mol. The van der Waals surface area contributed by atoms with Gasteiger partial charge in [0.2, 0.25) is 0 Å². The van der Waals surface area contributed by atoms with Crippen molar-refractivity contribution in [1.29, 1.82) is 0 Å². The molecule has 0 radical (unpaired) electrons. The largest absolute Gasteiger partial charge is 0.398 e. The van der Waals surface area contributed by atoms with Gasteiger partial charge in [0.1, 0.15) is 0 Å². The number of rotatable bonds is 2. The van der Waals surface area contributed by atoms with Gasteiger partial charge in [0, 0.05) is 11.3 Å². The Labute approximate surface area is 69.8 Å². The number of carbonyl (C=O) groups excluding carboxylic acids is 1. The fourth-order valence-electron chi connectivity index (χ4n) is 0.966. The molecule has 64 valence electrons. The van der Waals surface area contributed by atoms with Crippen LogP contribution in [0, 0.1) is 0 Å². The van der Waals surface area contributed by atoms with E-state index in [1.165, 1.54) is 6.07 Å². The third-order valence-electron chi connectivity index (χ3n) is 1.63. The Bertz CT molecular complexity index is 310. The van der Waals surface area contributed by atoms with E-state index in [1.807, 2.05) is 0 Å². The van der Waals surface area contributed by atoms with Crippen LogP contribution < -0.4 is 11.5 Å². The number of aliphatic hydroxyl groups is 1.